The van der Waals surface area contributed by atoms with Gasteiger partial charge in [0, 0.05) is 47.1 Å². The summed E-state index contributed by atoms with van der Waals surface area (Å²) in [4.78, 5) is 2.25. The summed E-state index contributed by atoms with van der Waals surface area (Å²) in [7, 11) is 2.15. The van der Waals surface area contributed by atoms with Crippen LogP contribution in [0.4, 0.5) is 0 Å². The van der Waals surface area contributed by atoms with Crippen LogP contribution in [0.5, 0.6) is 0 Å². The molecule has 0 aromatic carbocycles. The van der Waals surface area contributed by atoms with Gasteiger partial charge in [-0.1, -0.05) is 64.7 Å². The van der Waals surface area contributed by atoms with Crippen molar-refractivity contribution < 1.29 is 4.74 Å². The first-order valence-electron chi connectivity index (χ1n) is 8.98. The molecule has 0 bridgehead atoms. The summed E-state index contributed by atoms with van der Waals surface area (Å²) in [6.07, 6.45) is 18.1. The van der Waals surface area contributed by atoms with Gasteiger partial charge in [0.05, 0.1) is 3.63 Å². The van der Waals surface area contributed by atoms with Gasteiger partial charge in [0.2, 0.25) is 0 Å². The van der Waals surface area contributed by atoms with Gasteiger partial charge in [0.15, 0.2) is 0 Å². The van der Waals surface area contributed by atoms with Crippen LogP contribution in [-0.4, -0.2) is 32.0 Å². The van der Waals surface area contributed by atoms with Crippen LogP contribution in [0.25, 0.3) is 0 Å². The third-order valence-corrected chi connectivity index (χ3v) is 6.38. The van der Waals surface area contributed by atoms with Gasteiger partial charge >= 0.3 is 0 Å². The van der Waals surface area contributed by atoms with Crippen molar-refractivity contribution in [2.45, 2.75) is 78.1 Å². The lowest BCUT2D eigenvalue weighted by Crippen LogP contribution is -2.28. The normalized spacial score (nSPS) is 15.0. The van der Waals surface area contributed by atoms with Crippen molar-refractivity contribution in [1.82, 2.24) is 8.01 Å². The predicted octanol–water partition coefficient (Wildman–Crippen LogP) is 5.64. The van der Waals surface area contributed by atoms with E-state index in [1.165, 1.54) is 67.8 Å². The molecule has 22 heavy (non-hydrogen) atoms. The molecule has 0 unspecified atom stereocenters. The van der Waals surface area contributed by atoms with Gasteiger partial charge in [-0.05, 0) is 13.3 Å². The molecule has 1 aliphatic heterocycles. The topological polar surface area (TPSA) is 15.7 Å². The summed E-state index contributed by atoms with van der Waals surface area (Å²) in [5, 5.41) is 0. The van der Waals surface area contributed by atoms with Gasteiger partial charge < -0.3 is 12.8 Å². The lowest BCUT2D eigenvalue weighted by Gasteiger charge is -2.26. The summed E-state index contributed by atoms with van der Waals surface area (Å²) in [6, 6.07) is 0. The molecule has 0 aliphatic carbocycles. The number of unbranched alkanes of at least 4 members (excludes halogenated alkanes) is 9. The quantitative estimate of drug-likeness (QED) is 0.217. The highest BCUT2D eigenvalue weighted by Crippen LogP contribution is 2.16. The number of nitrogens with zero attached hydrogens (tertiary/aromatic N) is 2. The van der Waals surface area contributed by atoms with E-state index in [4.69, 9.17) is 4.74 Å². The fraction of sp³-hybridized carbons (Fsp3) is 0.833. The lowest BCUT2D eigenvalue weighted by atomic mass is 10.1. The minimum atomic E-state index is 0.0153. The summed E-state index contributed by atoms with van der Waals surface area (Å²) >= 11 is 0.0153. The molecule has 0 N–H and O–H groups in total. The monoisotopic (exact) mass is 422 g/mol. The second kappa shape index (κ2) is 13.3. The van der Waals surface area contributed by atoms with Crippen LogP contribution in [0.2, 0.25) is 0 Å². The number of hydrogen-bond acceptors (Lipinski definition) is 3. The fourth-order valence-electron chi connectivity index (χ4n) is 2.53. The van der Waals surface area contributed by atoms with Gasteiger partial charge in [0.25, 0.3) is 0 Å². The molecule has 0 saturated heterocycles. The Labute approximate surface area is 148 Å². The van der Waals surface area contributed by atoms with Crippen molar-refractivity contribution in [2.75, 3.05) is 20.4 Å². The molecule has 0 spiro atoms. The van der Waals surface area contributed by atoms with Crippen molar-refractivity contribution in [3.05, 3.63) is 12.4 Å². The van der Waals surface area contributed by atoms with Crippen LogP contribution < -0.4 is 0 Å². The number of ether oxygens (including phenoxy) is 1. The first-order chi connectivity index (χ1) is 10.7. The highest BCUT2D eigenvalue weighted by molar-refractivity contribution is 14.2. The number of halogens is 1. The van der Waals surface area contributed by atoms with E-state index in [1.807, 2.05) is 0 Å². The zero-order chi connectivity index (χ0) is 16.0. The van der Waals surface area contributed by atoms with Crippen LogP contribution >= 0.6 is 21.0 Å². The first-order valence-corrected chi connectivity index (χ1v) is 11.0. The van der Waals surface area contributed by atoms with E-state index < -0.39 is 0 Å². The van der Waals surface area contributed by atoms with Crippen LogP contribution in [0.3, 0.4) is 0 Å². The third-order valence-electron chi connectivity index (χ3n) is 3.98. The molecule has 130 valence electrons. The van der Waals surface area contributed by atoms with E-state index in [2.05, 4.69) is 41.3 Å². The van der Waals surface area contributed by atoms with Gasteiger partial charge in [0.1, 0.15) is 6.73 Å². The summed E-state index contributed by atoms with van der Waals surface area (Å²) in [5.74, 6) is 0. The molecule has 0 aromatic heterocycles. The third kappa shape index (κ3) is 9.82. The maximum Gasteiger partial charge on any atom is 0.123 e. The molecule has 1 heterocycles. The van der Waals surface area contributed by atoms with Gasteiger partial charge in [-0.25, -0.2) is 0 Å². The molecule has 0 fully saturated rings. The zero-order valence-electron chi connectivity index (χ0n) is 14.8. The van der Waals surface area contributed by atoms with Crippen molar-refractivity contribution in [3.63, 3.8) is 0 Å². The molecule has 1 rings (SSSR count). The van der Waals surface area contributed by atoms with Gasteiger partial charge in [-0.3, -0.25) is 0 Å². The Balaban J connectivity index is 1.84. The maximum absolute atomic E-state index is 5.80. The minimum absolute atomic E-state index is 0.0153. The lowest BCUT2D eigenvalue weighted by molar-refractivity contribution is 0.0810. The molecule has 3 nitrogen and oxygen atoms in total. The Hall–Kier alpha value is -0.100. The van der Waals surface area contributed by atoms with Gasteiger partial charge in [-0.15, -0.1) is 0 Å². The average molecular weight is 422 g/mol. The Bertz CT molecular complexity index is 331. The Morgan fingerprint density at radius 2 is 1.50 bits per heavy atom. The second-order valence-corrected chi connectivity index (χ2v) is 9.66. The molecule has 0 atom stereocenters. The molecule has 0 aromatic rings. The van der Waals surface area contributed by atoms with E-state index in [1.54, 1.807) is 0 Å². The molecule has 4 heteroatoms. The van der Waals surface area contributed by atoms with Crippen molar-refractivity contribution in [2.24, 2.45) is 0 Å². The van der Waals surface area contributed by atoms with E-state index in [9.17, 15) is 0 Å². The largest absolute Gasteiger partial charge is 0.361 e. The Morgan fingerprint density at radius 3 is 2.09 bits per heavy atom. The van der Waals surface area contributed by atoms with Gasteiger partial charge in [-0.2, -0.15) is 0 Å². The minimum Gasteiger partial charge on any atom is -0.361 e. The molecule has 0 amide bonds. The van der Waals surface area contributed by atoms with Crippen LogP contribution in [0.1, 0.15) is 78.1 Å². The summed E-state index contributed by atoms with van der Waals surface area (Å²) < 4.78 is 9.57. The highest BCUT2D eigenvalue weighted by atomic mass is 127. The van der Waals surface area contributed by atoms with Crippen LogP contribution in [0.15, 0.2) is 12.4 Å². The molecular weight excluding hydrogens is 387 g/mol. The zero-order valence-corrected chi connectivity index (χ0v) is 17.0. The van der Waals surface area contributed by atoms with E-state index in [0.717, 1.165) is 13.3 Å². The van der Waals surface area contributed by atoms with Crippen LogP contribution in [0, 0.1) is 0 Å². The second-order valence-electron chi connectivity index (χ2n) is 6.09. The maximum atomic E-state index is 5.80. The van der Waals surface area contributed by atoms with Crippen molar-refractivity contribution in [1.29, 1.82) is 0 Å². The fourth-order valence-corrected chi connectivity index (χ4v) is 4.51. The van der Waals surface area contributed by atoms with E-state index >= 15 is 0 Å². The Kier molecular flexibility index (Phi) is 12.1. The van der Waals surface area contributed by atoms with Crippen molar-refractivity contribution in [3.8, 4) is 0 Å². The number of rotatable bonds is 13. The summed E-state index contributed by atoms with van der Waals surface area (Å²) in [5.41, 5.74) is 0. The molecule has 0 radical (unpaired) electrons. The Morgan fingerprint density at radius 1 is 0.909 bits per heavy atom. The standard InChI is InChI=1S/C18H35IN2O/c1-4-5-6-7-8-9-10-11-12-13-16-22-17-21-15-14-20(3)19-18(21)2/h14-15H,4-13,16-17H2,1-3H3. The van der Waals surface area contributed by atoms with E-state index in [0.29, 0.717) is 0 Å². The molecule has 1 aliphatic rings. The van der Waals surface area contributed by atoms with Crippen molar-refractivity contribution >= 4 is 24.6 Å². The number of hydrogen-bond donors (Lipinski definition) is 0. The van der Waals surface area contributed by atoms with Crippen LogP contribution in [-0.2, 0) is 4.74 Å². The molecule has 0 saturated carbocycles. The first kappa shape index (κ1) is 19.9. The smallest absolute Gasteiger partial charge is 0.123 e. The highest BCUT2D eigenvalue weighted by Gasteiger charge is 2.07. The average Bonchev–Trinajstić information content (AvgIpc) is 2.50. The van der Waals surface area contributed by atoms with E-state index in [-0.39, 0.29) is 21.0 Å². The SMILES string of the molecule is CCCCCCCCCCCCOCN1C=CN(C)I=C1C. The summed E-state index contributed by atoms with van der Waals surface area (Å²) in [6.45, 7) is 6.13. The predicted molar refractivity (Wildman–Crippen MR) is 106 cm³/mol. The molecular formula is C18H35IN2O.